The molecule has 2 aromatic heterocycles. The van der Waals surface area contributed by atoms with Gasteiger partial charge in [0.2, 0.25) is 0 Å². The van der Waals surface area contributed by atoms with Crippen molar-refractivity contribution >= 4 is 0 Å². The molecule has 2 N–H and O–H groups in total. The first-order valence-corrected chi connectivity index (χ1v) is 2.84. The summed E-state index contributed by atoms with van der Waals surface area (Å²) >= 11 is 0. The van der Waals surface area contributed by atoms with Crippen LogP contribution in [0.3, 0.4) is 0 Å². The van der Waals surface area contributed by atoms with E-state index in [1.165, 1.54) is 0 Å². The maximum atomic E-state index is 3.72. The Kier molecular flexibility index (Phi) is 1.00. The average molecular weight is 135 g/mol. The number of nitrogens with one attached hydrogen (secondary N) is 2. The van der Waals surface area contributed by atoms with Crippen LogP contribution in [0.1, 0.15) is 0 Å². The Balaban J connectivity index is 2.48. The van der Waals surface area contributed by atoms with Crippen LogP contribution in [0.5, 0.6) is 0 Å². The molecule has 2 aromatic rings. The van der Waals surface area contributed by atoms with Crippen molar-refractivity contribution in [1.29, 1.82) is 0 Å². The van der Waals surface area contributed by atoms with Gasteiger partial charge in [-0.25, -0.2) is 5.10 Å². The first-order chi connectivity index (χ1) is 4.97. The zero-order chi connectivity index (χ0) is 6.81. The van der Waals surface area contributed by atoms with Crippen molar-refractivity contribution < 1.29 is 0 Å². The van der Waals surface area contributed by atoms with E-state index >= 15 is 0 Å². The van der Waals surface area contributed by atoms with Crippen LogP contribution in [0.2, 0.25) is 0 Å². The highest BCUT2D eigenvalue weighted by atomic mass is 15.5. The zero-order valence-electron chi connectivity index (χ0n) is 5.07. The van der Waals surface area contributed by atoms with Crippen LogP contribution in [0.15, 0.2) is 18.5 Å². The Morgan fingerprint density at radius 3 is 3.00 bits per heavy atom. The molecule has 0 fully saturated rings. The monoisotopic (exact) mass is 135 g/mol. The van der Waals surface area contributed by atoms with E-state index in [1.54, 1.807) is 0 Å². The quantitative estimate of drug-likeness (QED) is 0.586. The second kappa shape index (κ2) is 1.94. The van der Waals surface area contributed by atoms with Gasteiger partial charge in [-0.2, -0.15) is 0 Å². The Morgan fingerprint density at radius 2 is 2.40 bits per heavy atom. The number of aromatic amines is 2. The fourth-order valence-corrected chi connectivity index (χ4v) is 0.753. The van der Waals surface area contributed by atoms with Crippen molar-refractivity contribution in [2.75, 3.05) is 0 Å². The maximum Gasteiger partial charge on any atom is 0.180 e. The lowest BCUT2D eigenvalue weighted by molar-refractivity contribution is 0.881. The van der Waals surface area contributed by atoms with Crippen LogP contribution >= 0.6 is 0 Å². The molecule has 0 unspecified atom stereocenters. The summed E-state index contributed by atoms with van der Waals surface area (Å²) in [5, 5.41) is 13.3. The maximum absolute atomic E-state index is 3.72. The van der Waals surface area contributed by atoms with Crippen molar-refractivity contribution in [3.63, 3.8) is 0 Å². The van der Waals surface area contributed by atoms with Crippen LogP contribution in [0.25, 0.3) is 11.4 Å². The Hall–Kier alpha value is -1.65. The molecule has 0 saturated heterocycles. The third-order valence-corrected chi connectivity index (χ3v) is 1.22. The lowest BCUT2D eigenvalue weighted by Crippen LogP contribution is -1.75. The summed E-state index contributed by atoms with van der Waals surface area (Å²) in [5.74, 6) is 0.682. The molecule has 0 bridgehead atoms. The van der Waals surface area contributed by atoms with E-state index in [4.69, 9.17) is 0 Å². The number of hydrogen-bond acceptors (Lipinski definition) is 3. The molecule has 5 nitrogen and oxygen atoms in total. The Bertz CT molecular complexity index is 249. The first kappa shape index (κ1) is 5.16. The van der Waals surface area contributed by atoms with Gasteiger partial charge in [-0.05, 0) is 16.5 Å². The summed E-state index contributed by atoms with van der Waals surface area (Å²) in [5.41, 5.74) is 0.963. The summed E-state index contributed by atoms with van der Waals surface area (Å²) in [6.45, 7) is 0. The van der Waals surface area contributed by atoms with Crippen LogP contribution < -0.4 is 0 Å². The number of H-pyrrole nitrogens is 2. The lowest BCUT2D eigenvalue weighted by Gasteiger charge is -1.81. The van der Waals surface area contributed by atoms with Gasteiger partial charge in [0.05, 0.1) is 0 Å². The molecule has 0 amide bonds. The van der Waals surface area contributed by atoms with Crippen molar-refractivity contribution in [3.8, 4) is 11.4 Å². The molecule has 2 rings (SSSR count). The van der Waals surface area contributed by atoms with Crippen molar-refractivity contribution in [1.82, 2.24) is 25.6 Å². The van der Waals surface area contributed by atoms with E-state index in [2.05, 4.69) is 25.6 Å². The van der Waals surface area contributed by atoms with E-state index in [-0.39, 0.29) is 0 Å². The minimum absolute atomic E-state index is 0.682. The standard InChI is InChI=1S/C5H5N5/c1-2-6-3-4(1)5-7-9-10-8-5/h1-3,6H,(H,7,8,9,10). The van der Waals surface area contributed by atoms with Gasteiger partial charge in [-0.15, -0.1) is 5.10 Å². The highest BCUT2D eigenvalue weighted by Crippen LogP contribution is 2.09. The first-order valence-electron chi connectivity index (χ1n) is 2.84. The average Bonchev–Trinajstić information content (AvgIpc) is 2.59. The predicted octanol–water partition coefficient (Wildman–Crippen LogP) is 0.195. The zero-order valence-corrected chi connectivity index (χ0v) is 5.07. The highest BCUT2D eigenvalue weighted by Gasteiger charge is 1.98. The summed E-state index contributed by atoms with van der Waals surface area (Å²) < 4.78 is 0. The molecule has 0 aromatic carbocycles. The minimum Gasteiger partial charge on any atom is -0.367 e. The molecule has 0 radical (unpaired) electrons. The Morgan fingerprint density at radius 1 is 1.40 bits per heavy atom. The van der Waals surface area contributed by atoms with Crippen molar-refractivity contribution in [3.05, 3.63) is 18.5 Å². The van der Waals surface area contributed by atoms with Crippen LogP contribution in [0.4, 0.5) is 0 Å². The number of hydrogen-bond donors (Lipinski definition) is 2. The largest absolute Gasteiger partial charge is 0.367 e. The molecule has 0 atom stereocenters. The van der Waals surface area contributed by atoms with Gasteiger partial charge in [0.25, 0.3) is 0 Å². The van der Waals surface area contributed by atoms with Crippen molar-refractivity contribution in [2.45, 2.75) is 0 Å². The number of nitrogens with zero attached hydrogens (tertiary/aromatic N) is 3. The molecule has 0 aliphatic carbocycles. The minimum atomic E-state index is 0.682. The second-order valence-electron chi connectivity index (χ2n) is 1.85. The van der Waals surface area contributed by atoms with E-state index in [0.717, 1.165) is 5.56 Å². The third kappa shape index (κ3) is 0.680. The van der Waals surface area contributed by atoms with Gasteiger partial charge >= 0.3 is 0 Å². The molecule has 50 valence electrons. The van der Waals surface area contributed by atoms with Crippen LogP contribution in [-0.4, -0.2) is 25.6 Å². The normalized spacial score (nSPS) is 10.0. The van der Waals surface area contributed by atoms with Crippen LogP contribution in [-0.2, 0) is 0 Å². The van der Waals surface area contributed by atoms with Gasteiger partial charge < -0.3 is 4.98 Å². The Labute approximate surface area is 56.5 Å². The number of tetrazole rings is 1. The molecule has 0 aliphatic rings. The van der Waals surface area contributed by atoms with E-state index < -0.39 is 0 Å². The number of aromatic nitrogens is 5. The van der Waals surface area contributed by atoms with Crippen molar-refractivity contribution in [2.24, 2.45) is 0 Å². The van der Waals surface area contributed by atoms with Gasteiger partial charge in [-0.3, -0.25) is 0 Å². The summed E-state index contributed by atoms with van der Waals surface area (Å²) in [6.07, 6.45) is 3.64. The predicted molar refractivity (Wildman–Crippen MR) is 34.0 cm³/mol. The smallest absolute Gasteiger partial charge is 0.180 e. The number of rotatable bonds is 1. The topological polar surface area (TPSA) is 70.2 Å². The summed E-state index contributed by atoms with van der Waals surface area (Å²) in [7, 11) is 0. The van der Waals surface area contributed by atoms with Gasteiger partial charge in [0.1, 0.15) is 0 Å². The molecular weight excluding hydrogens is 130 g/mol. The molecule has 5 heteroatoms. The fraction of sp³-hybridized carbons (Fsp3) is 0. The lowest BCUT2D eigenvalue weighted by atomic mass is 10.3. The SMILES string of the molecule is c1cc(-c2nnn[nH]2)c[nH]1. The molecule has 10 heavy (non-hydrogen) atoms. The molecule has 0 saturated carbocycles. The molecule has 0 spiro atoms. The summed E-state index contributed by atoms with van der Waals surface area (Å²) in [4.78, 5) is 2.90. The van der Waals surface area contributed by atoms with E-state index in [9.17, 15) is 0 Å². The van der Waals surface area contributed by atoms with Gasteiger partial charge in [0, 0.05) is 18.0 Å². The van der Waals surface area contributed by atoms with E-state index in [1.807, 2.05) is 18.5 Å². The third-order valence-electron chi connectivity index (χ3n) is 1.22. The second-order valence-corrected chi connectivity index (χ2v) is 1.85. The molecule has 2 heterocycles. The van der Waals surface area contributed by atoms with Crippen LogP contribution in [0, 0.1) is 0 Å². The molecular formula is C5H5N5. The van der Waals surface area contributed by atoms with E-state index in [0.29, 0.717) is 5.82 Å². The molecule has 0 aliphatic heterocycles. The van der Waals surface area contributed by atoms with Gasteiger partial charge in [0.15, 0.2) is 5.82 Å². The fourth-order valence-electron chi connectivity index (χ4n) is 0.753. The highest BCUT2D eigenvalue weighted by molar-refractivity contribution is 5.51. The van der Waals surface area contributed by atoms with Gasteiger partial charge in [-0.1, -0.05) is 0 Å². The summed E-state index contributed by atoms with van der Waals surface area (Å²) in [6, 6.07) is 1.89.